The van der Waals surface area contributed by atoms with Gasteiger partial charge in [-0.05, 0) is 51.1 Å². The summed E-state index contributed by atoms with van der Waals surface area (Å²) in [5.41, 5.74) is 1.19. The molecule has 5 heteroatoms. The standard InChI is InChI=1S/C19H32N4O/c1-4-11-20-15(3)19(24)22-17-7-6-8-18(21-14-17)23-12-9-16(5-2)10-13-23/h7,11,16,18,21H,3-6,8-10,12-14H2,1-2H3,(H,22,24). The number of hydrogen-bond acceptors (Lipinski definition) is 4. The second-order valence-electron chi connectivity index (χ2n) is 6.71. The summed E-state index contributed by atoms with van der Waals surface area (Å²) in [5.74, 6) is 0.685. The second kappa shape index (κ2) is 9.74. The third kappa shape index (κ3) is 5.56. The minimum absolute atomic E-state index is 0.213. The lowest BCUT2D eigenvalue weighted by molar-refractivity contribution is -0.116. The Morgan fingerprint density at radius 1 is 1.42 bits per heavy atom. The van der Waals surface area contributed by atoms with E-state index in [1.807, 2.05) is 6.92 Å². The fraction of sp³-hybridized carbons (Fsp3) is 0.684. The monoisotopic (exact) mass is 332 g/mol. The molecule has 0 aliphatic carbocycles. The minimum Gasteiger partial charge on any atom is -0.323 e. The predicted molar refractivity (Wildman–Crippen MR) is 99.8 cm³/mol. The van der Waals surface area contributed by atoms with E-state index in [4.69, 9.17) is 0 Å². The van der Waals surface area contributed by atoms with Gasteiger partial charge in [0.15, 0.2) is 0 Å². The van der Waals surface area contributed by atoms with Gasteiger partial charge >= 0.3 is 0 Å². The summed E-state index contributed by atoms with van der Waals surface area (Å²) in [6.45, 7) is 11.0. The number of carbonyl (C=O) groups is 1. The summed E-state index contributed by atoms with van der Waals surface area (Å²) < 4.78 is 0. The largest absolute Gasteiger partial charge is 0.323 e. The Labute approximate surface area is 146 Å². The maximum absolute atomic E-state index is 12.1. The quantitative estimate of drug-likeness (QED) is 0.581. The number of hydrogen-bond donors (Lipinski definition) is 2. The topological polar surface area (TPSA) is 56.7 Å². The highest BCUT2D eigenvalue weighted by molar-refractivity contribution is 5.94. The molecule has 1 atom stereocenters. The van der Waals surface area contributed by atoms with Crippen LogP contribution in [0.25, 0.3) is 0 Å². The molecule has 5 nitrogen and oxygen atoms in total. The van der Waals surface area contributed by atoms with E-state index in [-0.39, 0.29) is 11.6 Å². The van der Waals surface area contributed by atoms with Crippen molar-refractivity contribution in [3.63, 3.8) is 0 Å². The average molecular weight is 332 g/mol. The molecular formula is C19H32N4O. The van der Waals surface area contributed by atoms with Crippen molar-refractivity contribution in [2.45, 2.75) is 58.5 Å². The number of amides is 1. The van der Waals surface area contributed by atoms with Crippen LogP contribution in [0.1, 0.15) is 52.4 Å². The molecule has 2 N–H and O–H groups in total. The van der Waals surface area contributed by atoms with Gasteiger partial charge in [-0.2, -0.15) is 0 Å². The summed E-state index contributed by atoms with van der Waals surface area (Å²) in [7, 11) is 0. The van der Waals surface area contributed by atoms with E-state index in [0.29, 0.717) is 12.7 Å². The molecule has 1 fully saturated rings. The molecule has 1 saturated heterocycles. The van der Waals surface area contributed by atoms with Crippen LogP contribution in [0.3, 0.4) is 0 Å². The van der Waals surface area contributed by atoms with Crippen LogP contribution in [-0.4, -0.2) is 42.8 Å². The average Bonchev–Trinajstić information content (AvgIpc) is 2.85. The zero-order chi connectivity index (χ0) is 17.4. The molecule has 0 aromatic carbocycles. The molecule has 2 rings (SSSR count). The van der Waals surface area contributed by atoms with Crippen molar-refractivity contribution in [2.24, 2.45) is 10.9 Å². The first-order valence-electron chi connectivity index (χ1n) is 9.33. The lowest BCUT2D eigenvalue weighted by atomic mass is 9.94. The van der Waals surface area contributed by atoms with Crippen molar-refractivity contribution in [3.8, 4) is 0 Å². The van der Waals surface area contributed by atoms with Gasteiger partial charge in [0.1, 0.15) is 5.70 Å². The molecule has 0 aromatic rings. The Balaban J connectivity index is 1.79. The Kier molecular flexibility index (Phi) is 7.66. The van der Waals surface area contributed by atoms with Crippen molar-refractivity contribution in [1.29, 1.82) is 0 Å². The van der Waals surface area contributed by atoms with Crippen molar-refractivity contribution in [1.82, 2.24) is 15.5 Å². The predicted octanol–water partition coefficient (Wildman–Crippen LogP) is 2.81. The summed E-state index contributed by atoms with van der Waals surface area (Å²) in [4.78, 5) is 18.7. The van der Waals surface area contributed by atoms with Gasteiger partial charge < -0.3 is 5.32 Å². The number of nitrogens with zero attached hydrogens (tertiary/aromatic N) is 2. The zero-order valence-corrected chi connectivity index (χ0v) is 15.2. The van der Waals surface area contributed by atoms with E-state index in [1.54, 1.807) is 6.21 Å². The number of likely N-dealkylation sites (tertiary alicyclic amines) is 1. The number of piperidine rings is 1. The summed E-state index contributed by atoms with van der Waals surface area (Å²) >= 11 is 0. The Bertz CT molecular complexity index is 490. The van der Waals surface area contributed by atoms with Gasteiger partial charge in [-0.3, -0.25) is 20.0 Å². The molecule has 0 spiro atoms. The number of nitrogens with one attached hydrogen (secondary N) is 2. The maximum Gasteiger partial charge on any atom is 0.273 e. The van der Waals surface area contributed by atoms with Gasteiger partial charge in [0.2, 0.25) is 0 Å². The van der Waals surface area contributed by atoms with Crippen LogP contribution in [0.5, 0.6) is 0 Å². The molecule has 2 aliphatic rings. The van der Waals surface area contributed by atoms with Crippen molar-refractivity contribution in [2.75, 3.05) is 19.6 Å². The molecule has 0 bridgehead atoms. The number of aliphatic imine (C=N–C) groups is 1. The van der Waals surface area contributed by atoms with Crippen LogP contribution in [0.2, 0.25) is 0 Å². The molecular weight excluding hydrogens is 300 g/mol. The molecule has 0 radical (unpaired) electrons. The zero-order valence-electron chi connectivity index (χ0n) is 15.2. The molecule has 24 heavy (non-hydrogen) atoms. The molecule has 2 heterocycles. The maximum atomic E-state index is 12.1. The van der Waals surface area contributed by atoms with E-state index >= 15 is 0 Å². The van der Waals surface area contributed by atoms with Gasteiger partial charge in [-0.1, -0.05) is 32.9 Å². The first-order chi connectivity index (χ1) is 11.6. The van der Waals surface area contributed by atoms with Crippen LogP contribution in [0, 0.1) is 5.92 Å². The van der Waals surface area contributed by atoms with E-state index in [2.05, 4.69) is 40.1 Å². The fourth-order valence-electron chi connectivity index (χ4n) is 3.38. The summed E-state index contributed by atoms with van der Waals surface area (Å²) in [6, 6.07) is 0. The lowest BCUT2D eigenvalue weighted by Gasteiger charge is -2.37. The van der Waals surface area contributed by atoms with E-state index < -0.39 is 0 Å². The highest BCUT2D eigenvalue weighted by Gasteiger charge is 2.25. The van der Waals surface area contributed by atoms with Crippen LogP contribution in [0.4, 0.5) is 0 Å². The smallest absolute Gasteiger partial charge is 0.273 e. The fourth-order valence-corrected chi connectivity index (χ4v) is 3.38. The van der Waals surface area contributed by atoms with Crippen LogP contribution >= 0.6 is 0 Å². The first-order valence-corrected chi connectivity index (χ1v) is 9.33. The van der Waals surface area contributed by atoms with E-state index in [1.165, 1.54) is 32.4 Å². The Morgan fingerprint density at radius 3 is 2.83 bits per heavy atom. The van der Waals surface area contributed by atoms with Crippen molar-refractivity contribution in [3.05, 3.63) is 24.0 Å². The molecule has 1 amide bonds. The summed E-state index contributed by atoms with van der Waals surface area (Å²) in [6.07, 6.45) is 11.0. The first kappa shape index (κ1) is 18.9. The molecule has 1 unspecified atom stereocenters. The van der Waals surface area contributed by atoms with Crippen molar-refractivity contribution < 1.29 is 4.79 Å². The Hall–Kier alpha value is -1.46. The second-order valence-corrected chi connectivity index (χ2v) is 6.71. The number of carbonyl (C=O) groups excluding carboxylic acids is 1. The minimum atomic E-state index is -0.213. The van der Waals surface area contributed by atoms with Crippen LogP contribution < -0.4 is 10.6 Å². The third-order valence-electron chi connectivity index (χ3n) is 4.99. The number of rotatable bonds is 6. The van der Waals surface area contributed by atoms with E-state index in [9.17, 15) is 4.79 Å². The van der Waals surface area contributed by atoms with Crippen molar-refractivity contribution >= 4 is 12.1 Å². The third-order valence-corrected chi connectivity index (χ3v) is 4.99. The van der Waals surface area contributed by atoms with Crippen LogP contribution in [0.15, 0.2) is 29.0 Å². The van der Waals surface area contributed by atoms with Gasteiger partial charge in [-0.15, -0.1) is 0 Å². The van der Waals surface area contributed by atoms with Crippen LogP contribution in [-0.2, 0) is 4.79 Å². The van der Waals surface area contributed by atoms with Gasteiger partial charge in [0, 0.05) is 18.5 Å². The molecule has 0 aromatic heterocycles. The highest BCUT2D eigenvalue weighted by Crippen LogP contribution is 2.22. The van der Waals surface area contributed by atoms with Gasteiger partial charge in [0.25, 0.3) is 5.91 Å². The van der Waals surface area contributed by atoms with E-state index in [0.717, 1.165) is 30.9 Å². The van der Waals surface area contributed by atoms with Gasteiger partial charge in [0.05, 0.1) is 6.17 Å². The number of allylic oxidation sites excluding steroid dienone is 1. The summed E-state index contributed by atoms with van der Waals surface area (Å²) in [5, 5.41) is 6.53. The molecule has 134 valence electrons. The molecule has 2 aliphatic heterocycles. The normalized spacial score (nSPS) is 23.8. The lowest BCUT2D eigenvalue weighted by Crippen LogP contribution is -2.49. The highest BCUT2D eigenvalue weighted by atomic mass is 16.2. The van der Waals surface area contributed by atoms with Gasteiger partial charge in [-0.25, -0.2) is 0 Å². The SMILES string of the molecule is C=C(N=CCC)C(=O)NC1=CCCC(N2CCC(CC)CC2)NC1. The molecule has 0 saturated carbocycles. The Morgan fingerprint density at radius 2 is 2.17 bits per heavy atom.